The summed E-state index contributed by atoms with van der Waals surface area (Å²) in [7, 11) is 3.08. The van der Waals surface area contributed by atoms with E-state index in [9.17, 15) is 14.7 Å². The van der Waals surface area contributed by atoms with Crippen molar-refractivity contribution in [3.8, 4) is 17.2 Å². The van der Waals surface area contributed by atoms with E-state index in [1.807, 2.05) is 30.2 Å². The molecule has 1 aromatic heterocycles. The van der Waals surface area contributed by atoms with Gasteiger partial charge in [0.2, 0.25) is 6.33 Å². The second-order valence-electron chi connectivity index (χ2n) is 8.27. The molecule has 4 rings (SSSR count). The van der Waals surface area contributed by atoms with Gasteiger partial charge >= 0.3 is 0 Å². The maximum atomic E-state index is 13.3. The van der Waals surface area contributed by atoms with E-state index in [0.29, 0.717) is 54.5 Å². The van der Waals surface area contributed by atoms with Crippen molar-refractivity contribution in [2.75, 3.05) is 27.4 Å². The molecule has 1 amide bonds. The Morgan fingerprint density at radius 2 is 1.86 bits per heavy atom. The number of aromatic nitrogens is 2. The number of Topliss-reactive ketones (excluding diaryl/α,β-unsaturated/α-hetero) is 1. The molecule has 3 aromatic rings. The summed E-state index contributed by atoms with van der Waals surface area (Å²) in [6.07, 6.45) is 6.15. The molecule has 9 heteroatoms. The number of methoxy groups -OCH3 is 2. The Hall–Kier alpha value is -4.27. The van der Waals surface area contributed by atoms with E-state index in [0.717, 1.165) is 0 Å². The summed E-state index contributed by atoms with van der Waals surface area (Å²) in [4.78, 5) is 30.9. The molecule has 1 aliphatic rings. The van der Waals surface area contributed by atoms with Crippen LogP contribution in [0.15, 0.2) is 66.8 Å². The van der Waals surface area contributed by atoms with Crippen LogP contribution in [-0.4, -0.2) is 54.1 Å². The van der Waals surface area contributed by atoms with Crippen LogP contribution in [0.3, 0.4) is 0 Å². The Morgan fingerprint density at radius 3 is 2.50 bits per heavy atom. The quantitative estimate of drug-likeness (QED) is 0.195. The number of H-pyrrole nitrogens is 1. The van der Waals surface area contributed by atoms with Gasteiger partial charge in [-0.3, -0.25) is 14.6 Å². The van der Waals surface area contributed by atoms with E-state index in [2.05, 4.69) is 4.98 Å². The van der Waals surface area contributed by atoms with E-state index in [1.165, 1.54) is 12.0 Å². The van der Waals surface area contributed by atoms with Gasteiger partial charge in [0, 0.05) is 18.5 Å². The molecule has 188 valence electrons. The second-order valence-corrected chi connectivity index (χ2v) is 8.27. The molecule has 1 fully saturated rings. The van der Waals surface area contributed by atoms with Crippen molar-refractivity contribution in [2.45, 2.75) is 25.9 Å². The van der Waals surface area contributed by atoms with Crippen LogP contribution in [0, 0.1) is 0 Å². The zero-order chi connectivity index (χ0) is 25.7. The van der Waals surface area contributed by atoms with Crippen molar-refractivity contribution in [1.82, 2.24) is 9.88 Å². The molecule has 1 saturated heterocycles. The summed E-state index contributed by atoms with van der Waals surface area (Å²) in [5, 5.41) is 11.2. The topological polar surface area (TPSA) is 105 Å². The van der Waals surface area contributed by atoms with Crippen molar-refractivity contribution in [3.05, 3.63) is 77.9 Å². The fourth-order valence-electron chi connectivity index (χ4n) is 4.37. The molecule has 0 saturated carbocycles. The van der Waals surface area contributed by atoms with Crippen LogP contribution >= 0.6 is 0 Å². The molecule has 2 aromatic carbocycles. The number of aryl methyl sites for hydroxylation is 1. The van der Waals surface area contributed by atoms with Crippen molar-refractivity contribution in [2.24, 2.45) is 0 Å². The lowest BCUT2D eigenvalue weighted by Gasteiger charge is -2.26. The van der Waals surface area contributed by atoms with Gasteiger partial charge in [-0.2, -0.15) is 0 Å². The molecule has 0 spiro atoms. The van der Waals surface area contributed by atoms with Crippen LogP contribution in [0.5, 0.6) is 17.2 Å². The Labute approximate surface area is 209 Å². The smallest absolute Gasteiger partial charge is 0.295 e. The molecule has 1 unspecified atom stereocenters. The van der Waals surface area contributed by atoms with E-state index in [1.54, 1.807) is 49.6 Å². The maximum Gasteiger partial charge on any atom is 0.295 e. The molecule has 9 nitrogen and oxygen atoms in total. The number of hydrogen-bond donors (Lipinski definition) is 2. The first kappa shape index (κ1) is 24.8. The normalized spacial score (nSPS) is 16.9. The van der Waals surface area contributed by atoms with Gasteiger partial charge in [0.15, 0.2) is 11.5 Å². The minimum atomic E-state index is -0.784. The van der Waals surface area contributed by atoms with Crippen LogP contribution in [0.25, 0.3) is 5.76 Å². The minimum Gasteiger partial charge on any atom is -0.507 e. The highest BCUT2D eigenvalue weighted by Gasteiger charge is 2.46. The third-order valence-corrected chi connectivity index (χ3v) is 6.12. The molecule has 0 radical (unpaired) electrons. The lowest BCUT2D eigenvalue weighted by atomic mass is 9.95. The summed E-state index contributed by atoms with van der Waals surface area (Å²) in [5.41, 5.74) is 1.09. The van der Waals surface area contributed by atoms with Crippen LogP contribution in [-0.2, 0) is 16.1 Å². The first-order valence-electron chi connectivity index (χ1n) is 11.7. The number of nitrogens with one attached hydrogen (secondary N) is 1. The summed E-state index contributed by atoms with van der Waals surface area (Å²) in [6, 6.07) is 11.2. The zero-order valence-corrected chi connectivity index (χ0v) is 20.6. The van der Waals surface area contributed by atoms with E-state index in [4.69, 9.17) is 14.2 Å². The number of ether oxygens (including phenoxy) is 3. The van der Waals surface area contributed by atoms with Gasteiger partial charge in [0.05, 0.1) is 39.0 Å². The average Bonchev–Trinajstić information content (AvgIpc) is 3.51. The summed E-state index contributed by atoms with van der Waals surface area (Å²) < 4.78 is 18.3. The number of carbonyl (C=O) groups excluding carboxylic acids is 2. The molecule has 2 N–H and O–H groups in total. The molecular weight excluding hydrogens is 462 g/mol. The number of carbonyl (C=O) groups is 2. The van der Waals surface area contributed by atoms with Gasteiger partial charge in [0.25, 0.3) is 11.7 Å². The monoisotopic (exact) mass is 492 g/mol. The van der Waals surface area contributed by atoms with E-state index < -0.39 is 17.7 Å². The Morgan fingerprint density at radius 1 is 1.08 bits per heavy atom. The Kier molecular flexibility index (Phi) is 7.58. The number of amides is 1. The van der Waals surface area contributed by atoms with Crippen LogP contribution in [0.1, 0.15) is 30.5 Å². The molecule has 2 heterocycles. The average molecular weight is 493 g/mol. The third-order valence-electron chi connectivity index (χ3n) is 6.12. The van der Waals surface area contributed by atoms with Gasteiger partial charge in [-0.25, -0.2) is 4.57 Å². The predicted molar refractivity (Wildman–Crippen MR) is 132 cm³/mol. The number of benzene rings is 2. The van der Waals surface area contributed by atoms with E-state index >= 15 is 0 Å². The fraction of sp³-hybridized carbons (Fsp3) is 0.296. The lowest BCUT2D eigenvalue weighted by Crippen LogP contribution is -2.36. The van der Waals surface area contributed by atoms with Crippen molar-refractivity contribution < 1.29 is 33.5 Å². The number of aliphatic hydroxyl groups is 1. The largest absolute Gasteiger partial charge is 0.507 e. The van der Waals surface area contributed by atoms with Gasteiger partial charge in [-0.1, -0.05) is 6.07 Å². The van der Waals surface area contributed by atoms with E-state index in [-0.39, 0.29) is 11.3 Å². The van der Waals surface area contributed by atoms with Crippen LogP contribution in [0.4, 0.5) is 0 Å². The number of likely N-dealkylation sites (tertiary alicyclic amines) is 1. The maximum absolute atomic E-state index is 13.3. The standard InChI is InChI=1S/C27H29N3O6/c1-4-36-21-11-8-19(16-22(21)35-3)24-23(25(31)18-6-9-20(34-2)10-7-18)26(32)27(33)30(24)14-5-13-29-15-12-28-17-29/h6-12,15-17,24H,4-5,13-14H2,1-3H3,(H,31,32)/p+1. The van der Waals surface area contributed by atoms with Gasteiger partial charge in [-0.05, 0) is 48.9 Å². The molecular formula is C27H30N3O6+. The molecule has 0 aliphatic carbocycles. The van der Waals surface area contributed by atoms with Gasteiger partial charge in [-0.15, -0.1) is 0 Å². The highest BCUT2D eigenvalue weighted by Crippen LogP contribution is 2.42. The molecule has 1 atom stereocenters. The molecule has 1 aliphatic heterocycles. The summed E-state index contributed by atoms with van der Waals surface area (Å²) >= 11 is 0. The van der Waals surface area contributed by atoms with Gasteiger partial charge < -0.3 is 24.2 Å². The zero-order valence-electron chi connectivity index (χ0n) is 20.6. The number of hydrogen-bond acceptors (Lipinski definition) is 6. The predicted octanol–water partition coefficient (Wildman–Crippen LogP) is 3.23. The highest BCUT2D eigenvalue weighted by atomic mass is 16.5. The number of rotatable bonds is 10. The number of imidazole rings is 1. The third kappa shape index (κ3) is 4.91. The first-order valence-corrected chi connectivity index (χ1v) is 11.7. The fourth-order valence-corrected chi connectivity index (χ4v) is 4.37. The first-order chi connectivity index (χ1) is 17.5. The summed E-state index contributed by atoms with van der Waals surface area (Å²) in [6.45, 7) is 3.31. The highest BCUT2D eigenvalue weighted by molar-refractivity contribution is 6.46. The SMILES string of the molecule is CCOc1ccc(C2/C(=C(\O)c3ccc(OC)cc3)C(=O)C(=O)N2CCC[n+]2cc[nH]c2)cc1OC. The second kappa shape index (κ2) is 11.0. The van der Waals surface area contributed by atoms with Crippen molar-refractivity contribution >= 4 is 17.4 Å². The molecule has 36 heavy (non-hydrogen) atoms. The number of nitrogens with zero attached hydrogens (tertiary/aromatic N) is 2. The van der Waals surface area contributed by atoms with Crippen molar-refractivity contribution in [3.63, 3.8) is 0 Å². The van der Waals surface area contributed by atoms with Crippen LogP contribution in [0.2, 0.25) is 0 Å². The van der Waals surface area contributed by atoms with Gasteiger partial charge in [0.1, 0.15) is 23.9 Å². The minimum absolute atomic E-state index is 0.0330. The number of ketones is 1. The lowest BCUT2D eigenvalue weighted by molar-refractivity contribution is -0.695. The Balaban J connectivity index is 1.76. The van der Waals surface area contributed by atoms with Crippen LogP contribution < -0.4 is 18.8 Å². The van der Waals surface area contributed by atoms with Crippen molar-refractivity contribution in [1.29, 1.82) is 0 Å². The summed E-state index contributed by atoms with van der Waals surface area (Å²) in [5.74, 6) is 0.0304. The number of aromatic amines is 1. The Bertz CT molecular complexity index is 1250. The number of aliphatic hydroxyl groups excluding tert-OH is 1. The molecule has 0 bridgehead atoms.